The van der Waals surface area contributed by atoms with Crippen molar-refractivity contribution in [1.82, 2.24) is 14.8 Å². The van der Waals surface area contributed by atoms with Crippen molar-refractivity contribution < 1.29 is 9.57 Å². The van der Waals surface area contributed by atoms with Gasteiger partial charge in [-0.1, -0.05) is 5.16 Å². The van der Waals surface area contributed by atoms with Gasteiger partial charge in [0.25, 0.3) is 0 Å². The summed E-state index contributed by atoms with van der Waals surface area (Å²) in [5.74, 6) is 0. The summed E-state index contributed by atoms with van der Waals surface area (Å²) in [6.07, 6.45) is 11.5. The lowest BCUT2D eigenvalue weighted by Crippen LogP contribution is -2.29. The van der Waals surface area contributed by atoms with Gasteiger partial charge in [-0.25, -0.2) is 9.67 Å². The molecule has 1 spiro atoms. The van der Waals surface area contributed by atoms with Crippen molar-refractivity contribution in [3.63, 3.8) is 0 Å². The van der Waals surface area contributed by atoms with Crippen LogP contribution >= 0.6 is 0 Å². The summed E-state index contributed by atoms with van der Waals surface area (Å²) in [6, 6.07) is 0.657. The summed E-state index contributed by atoms with van der Waals surface area (Å²) in [6.45, 7) is 5.87. The van der Waals surface area contributed by atoms with E-state index in [2.05, 4.69) is 29.4 Å². The van der Waals surface area contributed by atoms with E-state index in [-0.39, 0.29) is 11.6 Å². The van der Waals surface area contributed by atoms with Crippen molar-refractivity contribution >= 4 is 22.4 Å². The third-order valence-corrected chi connectivity index (χ3v) is 6.35. The fourth-order valence-corrected chi connectivity index (χ4v) is 4.75. The van der Waals surface area contributed by atoms with Crippen LogP contribution in [0.5, 0.6) is 0 Å². The summed E-state index contributed by atoms with van der Waals surface area (Å²) in [5.41, 5.74) is 4.02. The second-order valence-corrected chi connectivity index (χ2v) is 8.69. The molecular formula is C21H29N5O2. The minimum Gasteiger partial charge on any atom is -0.389 e. The molecule has 0 amide bonds. The number of nitrogens with zero attached hydrogens (tertiary/aromatic N) is 4. The minimum atomic E-state index is -0.0810. The van der Waals surface area contributed by atoms with Crippen LogP contribution in [0.3, 0.4) is 0 Å². The Labute approximate surface area is 165 Å². The van der Waals surface area contributed by atoms with Crippen LogP contribution in [0, 0.1) is 0 Å². The average Bonchev–Trinajstić information content (AvgIpc) is 3.44. The number of oxime groups is 1. The zero-order valence-electron chi connectivity index (χ0n) is 16.8. The summed E-state index contributed by atoms with van der Waals surface area (Å²) < 4.78 is 7.53. The molecule has 0 unspecified atom stereocenters. The van der Waals surface area contributed by atoms with Gasteiger partial charge in [0.15, 0.2) is 5.65 Å². The fraction of sp³-hybridized carbons (Fsp3) is 0.667. The van der Waals surface area contributed by atoms with Crippen molar-refractivity contribution in [3.8, 4) is 0 Å². The van der Waals surface area contributed by atoms with Crippen molar-refractivity contribution in [2.24, 2.45) is 5.16 Å². The highest BCUT2D eigenvalue weighted by Crippen LogP contribution is 2.42. The third-order valence-electron chi connectivity index (χ3n) is 6.35. The van der Waals surface area contributed by atoms with Crippen LogP contribution in [0.15, 0.2) is 17.5 Å². The molecule has 7 nitrogen and oxygen atoms in total. The number of pyridine rings is 1. The van der Waals surface area contributed by atoms with Crippen LogP contribution in [0.1, 0.15) is 70.4 Å². The summed E-state index contributed by atoms with van der Waals surface area (Å²) in [4.78, 5) is 10.7. The number of anilines is 1. The molecule has 2 aromatic heterocycles. The van der Waals surface area contributed by atoms with Crippen LogP contribution in [0.4, 0.5) is 5.69 Å². The van der Waals surface area contributed by atoms with E-state index in [1.54, 1.807) is 0 Å². The molecule has 5 rings (SSSR count). The lowest BCUT2D eigenvalue weighted by Gasteiger charge is -2.26. The smallest absolute Gasteiger partial charge is 0.160 e. The van der Waals surface area contributed by atoms with Gasteiger partial charge in [0, 0.05) is 43.5 Å². The molecule has 2 fully saturated rings. The second kappa shape index (κ2) is 7.03. The van der Waals surface area contributed by atoms with Crippen LogP contribution in [0.2, 0.25) is 0 Å². The van der Waals surface area contributed by atoms with E-state index in [0.717, 1.165) is 73.3 Å². The van der Waals surface area contributed by atoms with Gasteiger partial charge in [0.05, 0.1) is 23.0 Å². The van der Waals surface area contributed by atoms with Crippen LogP contribution in [0.25, 0.3) is 11.0 Å². The Morgan fingerprint density at radius 3 is 2.71 bits per heavy atom. The Hall–Kier alpha value is -2.15. The highest BCUT2D eigenvalue weighted by Gasteiger charge is 2.42. The number of ether oxygens (including phenoxy) is 1. The quantitative estimate of drug-likeness (QED) is 0.862. The predicted octanol–water partition coefficient (Wildman–Crippen LogP) is 4.04. The first-order chi connectivity index (χ1) is 13.7. The molecule has 1 saturated heterocycles. The van der Waals surface area contributed by atoms with Gasteiger partial charge >= 0.3 is 0 Å². The largest absolute Gasteiger partial charge is 0.389 e. The topological polar surface area (TPSA) is 73.6 Å². The van der Waals surface area contributed by atoms with Gasteiger partial charge in [-0.2, -0.15) is 5.10 Å². The maximum atomic E-state index is 5.96. The first-order valence-electron chi connectivity index (χ1n) is 10.6. The van der Waals surface area contributed by atoms with Gasteiger partial charge < -0.3 is 14.9 Å². The molecule has 3 aliphatic rings. The van der Waals surface area contributed by atoms with E-state index in [0.29, 0.717) is 6.04 Å². The zero-order chi connectivity index (χ0) is 19.1. The molecular weight excluding hydrogens is 354 g/mol. The van der Waals surface area contributed by atoms with E-state index in [1.807, 2.05) is 17.1 Å². The van der Waals surface area contributed by atoms with Gasteiger partial charge in [0.1, 0.15) is 5.60 Å². The van der Waals surface area contributed by atoms with Crippen LogP contribution < -0.4 is 5.32 Å². The second-order valence-electron chi connectivity index (χ2n) is 8.69. The summed E-state index contributed by atoms with van der Waals surface area (Å²) in [7, 11) is 0. The van der Waals surface area contributed by atoms with Gasteiger partial charge in [-0.15, -0.1) is 0 Å². The van der Waals surface area contributed by atoms with Gasteiger partial charge in [0.2, 0.25) is 0 Å². The number of aromatic nitrogens is 3. The lowest BCUT2D eigenvalue weighted by molar-refractivity contribution is -0.0126. The molecule has 0 radical (unpaired) electrons. The number of fused-ring (bicyclic) bond motifs is 1. The maximum Gasteiger partial charge on any atom is 0.160 e. The molecule has 2 aliphatic heterocycles. The predicted molar refractivity (Wildman–Crippen MR) is 109 cm³/mol. The molecule has 150 valence electrons. The average molecular weight is 383 g/mol. The number of rotatable bonds is 4. The molecule has 0 bridgehead atoms. The number of hydrogen-bond donors (Lipinski definition) is 1. The maximum absolute atomic E-state index is 5.96. The molecule has 0 atom stereocenters. The molecule has 0 aromatic carbocycles. The van der Waals surface area contributed by atoms with Crippen LogP contribution in [-0.4, -0.2) is 45.3 Å². The van der Waals surface area contributed by atoms with Crippen molar-refractivity contribution in [1.29, 1.82) is 0 Å². The molecule has 28 heavy (non-hydrogen) atoms. The normalized spacial score (nSPS) is 22.2. The monoisotopic (exact) mass is 383 g/mol. The number of nitrogens with one attached hydrogen (secondary N) is 1. The highest BCUT2D eigenvalue weighted by molar-refractivity contribution is 6.10. The van der Waals surface area contributed by atoms with Gasteiger partial charge in [-0.3, -0.25) is 0 Å². The molecule has 7 heteroatoms. The first-order valence-corrected chi connectivity index (χ1v) is 10.6. The Balaban J connectivity index is 1.55. The van der Waals surface area contributed by atoms with E-state index < -0.39 is 0 Å². The first kappa shape index (κ1) is 17.9. The highest BCUT2D eigenvalue weighted by atomic mass is 16.7. The molecule has 2 aromatic rings. The molecule has 4 heterocycles. The van der Waals surface area contributed by atoms with E-state index in [9.17, 15) is 0 Å². The van der Waals surface area contributed by atoms with Crippen molar-refractivity contribution in [2.75, 3.05) is 18.5 Å². The Morgan fingerprint density at radius 1 is 1.18 bits per heavy atom. The summed E-state index contributed by atoms with van der Waals surface area (Å²) >= 11 is 0. The van der Waals surface area contributed by atoms with E-state index >= 15 is 0 Å². The van der Waals surface area contributed by atoms with Crippen LogP contribution in [-0.2, 0) is 9.57 Å². The molecule has 1 aliphatic carbocycles. The standard InChI is InChI=1S/C21H29N5O2/c1-14(2)26-20-17(13-23-26)19(24-15-5-9-27-10-6-15)16(12-22-20)18-11-21(28-25-18)7-3-4-8-21/h12-15H,3-11H2,1-2H3,(H,22,24). The van der Waals surface area contributed by atoms with E-state index in [4.69, 9.17) is 14.6 Å². The SMILES string of the molecule is CC(C)n1ncc2c(NC3CCOCC3)c(C3=NOC4(CCCC4)C3)cnc21. The fourth-order valence-electron chi connectivity index (χ4n) is 4.75. The van der Waals surface area contributed by atoms with Crippen molar-refractivity contribution in [3.05, 3.63) is 18.0 Å². The molecule has 1 saturated carbocycles. The lowest BCUT2D eigenvalue weighted by atomic mass is 9.92. The van der Waals surface area contributed by atoms with E-state index in [1.165, 1.54) is 12.8 Å². The zero-order valence-corrected chi connectivity index (χ0v) is 16.8. The molecule has 1 N–H and O–H groups in total. The van der Waals surface area contributed by atoms with Gasteiger partial charge in [-0.05, 0) is 52.4 Å². The Kier molecular flexibility index (Phi) is 4.50. The minimum absolute atomic E-state index is 0.0810. The Morgan fingerprint density at radius 2 is 1.96 bits per heavy atom. The van der Waals surface area contributed by atoms with Crippen molar-refractivity contribution in [2.45, 2.75) is 76.5 Å². The number of hydrogen-bond acceptors (Lipinski definition) is 6. The third kappa shape index (κ3) is 3.05. The Bertz CT molecular complexity index is 892. The summed E-state index contributed by atoms with van der Waals surface area (Å²) in [5, 5.41) is 14.0.